The topological polar surface area (TPSA) is 266 Å². The Balaban J connectivity index is 0.000000106. The molecule has 0 N–H and O–H groups in total. The molecule has 12 fully saturated rings. The van der Waals surface area contributed by atoms with E-state index >= 15 is 0 Å². The Bertz CT molecular complexity index is 1580. The first kappa shape index (κ1) is 42.1. The zero-order valence-electron chi connectivity index (χ0n) is 29.2. The first-order chi connectivity index (χ1) is 26.4. The molecule has 8 aliphatic carbocycles. The molecule has 304 valence electrons. The maximum absolute atomic E-state index is 11.4. The van der Waals surface area contributed by atoms with Gasteiger partial charge in [0.2, 0.25) is 0 Å². The summed E-state index contributed by atoms with van der Waals surface area (Å²) in [6, 6.07) is 0. The Morgan fingerprint density at radius 2 is 0.561 bits per heavy atom. The fraction of sp³-hybridized carbons (Fsp3) is 0.778. The van der Waals surface area contributed by atoms with Gasteiger partial charge in [0, 0.05) is 71.2 Å². The van der Waals surface area contributed by atoms with Crippen LogP contribution in [-0.2, 0) is 79.0 Å². The van der Waals surface area contributed by atoms with Gasteiger partial charge in [-0.25, -0.2) is 0 Å². The molecule has 16 nitrogen and oxygen atoms in total. The van der Waals surface area contributed by atoms with Crippen molar-refractivity contribution in [2.75, 3.05) is 0 Å². The van der Waals surface area contributed by atoms with Crippen LogP contribution >= 0.6 is 63.7 Å². The number of hydrogen-bond donors (Lipinski definition) is 0. The average molecular weight is 1090 g/mol. The summed E-state index contributed by atoms with van der Waals surface area (Å²) in [5.41, 5.74) is 0. The predicted molar refractivity (Wildman–Crippen MR) is 185 cm³/mol. The summed E-state index contributed by atoms with van der Waals surface area (Å²) in [5.74, 6) is -9.75. The average Bonchev–Trinajstić information content (AvgIpc) is 3.98. The molecule has 12 rings (SSSR count). The summed E-state index contributed by atoms with van der Waals surface area (Å²) < 4.78 is 20.6. The minimum absolute atomic E-state index is 0. The summed E-state index contributed by atoms with van der Waals surface area (Å²) in [7, 11) is 0. The first-order valence-corrected chi connectivity index (χ1v) is 22.3. The molecule has 8 saturated carbocycles. The number of aliphatic carboxylic acids is 4. The molecule has 0 aromatic carbocycles. The molecule has 4 aliphatic heterocycles. The molecular formula is C36H32Br4O16Ti. The molecule has 21 heteroatoms. The third-order valence-corrected chi connectivity index (χ3v) is 20.0. The van der Waals surface area contributed by atoms with Crippen LogP contribution in [0.5, 0.6) is 0 Å². The van der Waals surface area contributed by atoms with Crippen LogP contribution < -0.4 is 20.4 Å². The molecule has 4 heterocycles. The standard InChI is InChI=1S/4C9H9BrO4.Ti/c4*10-6-2-1-3-5(4(2)8(11)12)9(13)14-7(3)6;/h4*2-7H,1H2,(H,11,12);/q;;;;+4/p-4. The van der Waals surface area contributed by atoms with E-state index in [4.69, 9.17) is 18.9 Å². The van der Waals surface area contributed by atoms with Crippen molar-refractivity contribution in [2.45, 2.75) is 69.4 Å². The monoisotopic (exact) mass is 1080 g/mol. The number of carboxylic acid groups (broad SMARTS) is 4. The van der Waals surface area contributed by atoms with Crippen LogP contribution in [0.4, 0.5) is 0 Å². The maximum Gasteiger partial charge on any atom is 4.00 e. The summed E-state index contributed by atoms with van der Waals surface area (Å²) in [4.78, 5) is 89.4. The third kappa shape index (κ3) is 5.95. The second-order valence-corrected chi connectivity index (χ2v) is 21.3. The quantitative estimate of drug-likeness (QED) is 0.119. The Kier molecular flexibility index (Phi) is 10.9. The van der Waals surface area contributed by atoms with Gasteiger partial charge in [-0.05, 0) is 49.4 Å². The van der Waals surface area contributed by atoms with E-state index in [1.54, 1.807) is 0 Å². The van der Waals surface area contributed by atoms with Gasteiger partial charge in [-0.2, -0.15) is 0 Å². The van der Waals surface area contributed by atoms with Gasteiger partial charge < -0.3 is 58.6 Å². The van der Waals surface area contributed by atoms with Crippen molar-refractivity contribution in [1.29, 1.82) is 0 Å². The number of carbonyl (C=O) groups is 8. The van der Waals surface area contributed by atoms with Crippen molar-refractivity contribution in [3.05, 3.63) is 0 Å². The Morgan fingerprint density at radius 3 is 0.719 bits per heavy atom. The number of fused-ring (bicyclic) bond motifs is 4. The third-order valence-electron chi connectivity index (χ3n) is 15.2. The van der Waals surface area contributed by atoms with Crippen LogP contribution in [0.2, 0.25) is 0 Å². The molecule has 8 bridgehead atoms. The van der Waals surface area contributed by atoms with E-state index in [0.717, 1.165) is 25.7 Å². The molecule has 0 amide bonds. The molecule has 0 radical (unpaired) electrons. The van der Waals surface area contributed by atoms with Crippen LogP contribution in [0.25, 0.3) is 0 Å². The smallest absolute Gasteiger partial charge is 0.550 e. The van der Waals surface area contributed by atoms with E-state index in [1.807, 2.05) is 0 Å². The Morgan fingerprint density at radius 1 is 0.386 bits per heavy atom. The fourth-order valence-electron chi connectivity index (χ4n) is 13.2. The number of esters is 4. The normalized spacial score (nSPS) is 52.7. The molecule has 0 aromatic heterocycles. The minimum atomic E-state index is -1.11. The second kappa shape index (κ2) is 14.8. The van der Waals surface area contributed by atoms with Gasteiger partial charge >= 0.3 is 45.6 Å². The van der Waals surface area contributed by atoms with Gasteiger partial charge in [0.05, 0.1) is 43.0 Å². The first-order valence-electron chi connectivity index (χ1n) is 18.7. The number of carboxylic acids is 4. The van der Waals surface area contributed by atoms with Crippen molar-refractivity contribution < 1.29 is 99.4 Å². The second-order valence-electron chi connectivity index (χ2n) is 17.1. The van der Waals surface area contributed by atoms with Gasteiger partial charge in [-0.1, -0.05) is 63.7 Å². The predicted octanol–water partition coefficient (Wildman–Crippen LogP) is -2.77. The van der Waals surface area contributed by atoms with Crippen LogP contribution in [-0.4, -0.2) is 91.5 Å². The van der Waals surface area contributed by atoms with E-state index in [0.29, 0.717) is 0 Å². The SMILES string of the molecule is O=C([O-])C1C2CC3C(OC(=O)C31)C2Br.O=C([O-])C1C2CC3C(OC(=O)C31)C2Br.O=C([O-])C1C2CC3C(OC(=O)C31)C2Br.O=C([O-])C1C2CC3C(OC(=O)C31)C2Br.[Ti+4]. The van der Waals surface area contributed by atoms with E-state index < -0.39 is 71.2 Å². The molecule has 12 aliphatic rings. The van der Waals surface area contributed by atoms with Crippen molar-refractivity contribution in [1.82, 2.24) is 0 Å². The van der Waals surface area contributed by atoms with Crippen LogP contribution in [0, 0.1) is 94.7 Å². The molecule has 24 atom stereocenters. The number of ether oxygens (including phenoxy) is 4. The van der Waals surface area contributed by atoms with Crippen molar-refractivity contribution in [2.24, 2.45) is 94.7 Å². The van der Waals surface area contributed by atoms with Gasteiger partial charge in [-0.15, -0.1) is 0 Å². The zero-order chi connectivity index (χ0) is 40.1. The minimum Gasteiger partial charge on any atom is -0.550 e. The van der Waals surface area contributed by atoms with Gasteiger partial charge in [-0.3, -0.25) is 19.2 Å². The van der Waals surface area contributed by atoms with Crippen LogP contribution in [0.3, 0.4) is 0 Å². The van der Waals surface area contributed by atoms with Crippen LogP contribution in [0.15, 0.2) is 0 Å². The number of halogens is 4. The fourth-order valence-corrected chi connectivity index (χ4v) is 17.4. The van der Waals surface area contributed by atoms with Crippen LogP contribution in [0.1, 0.15) is 25.7 Å². The van der Waals surface area contributed by atoms with Crippen molar-refractivity contribution in [3.63, 3.8) is 0 Å². The number of carbonyl (C=O) groups excluding carboxylic acids is 8. The van der Waals surface area contributed by atoms with Gasteiger partial charge in [0.15, 0.2) is 0 Å². The number of rotatable bonds is 4. The van der Waals surface area contributed by atoms with E-state index in [-0.39, 0.29) is 137 Å². The summed E-state index contributed by atoms with van der Waals surface area (Å²) in [6.45, 7) is 0. The number of hydrogen-bond acceptors (Lipinski definition) is 16. The summed E-state index contributed by atoms with van der Waals surface area (Å²) in [6.07, 6.45) is 2.68. The van der Waals surface area contributed by atoms with E-state index in [2.05, 4.69) is 63.7 Å². The van der Waals surface area contributed by atoms with E-state index in [9.17, 15) is 58.8 Å². The largest absolute Gasteiger partial charge is 4.00 e. The Hall–Kier alpha value is -1.61. The number of alkyl halides is 4. The Labute approximate surface area is 372 Å². The molecule has 24 unspecified atom stereocenters. The van der Waals surface area contributed by atoms with Crippen molar-refractivity contribution in [3.8, 4) is 0 Å². The van der Waals surface area contributed by atoms with Gasteiger partial charge in [0.1, 0.15) is 24.4 Å². The molecular weight excluding hydrogens is 1060 g/mol. The summed E-state index contributed by atoms with van der Waals surface area (Å²) >= 11 is 13.7. The van der Waals surface area contributed by atoms with E-state index in [1.165, 1.54) is 0 Å². The molecule has 0 aromatic rings. The summed E-state index contributed by atoms with van der Waals surface area (Å²) in [5, 5.41) is 43.7. The molecule has 0 spiro atoms. The molecule has 57 heavy (non-hydrogen) atoms. The molecule has 4 saturated heterocycles. The van der Waals surface area contributed by atoms with Crippen molar-refractivity contribution >= 4 is 111 Å². The van der Waals surface area contributed by atoms with Gasteiger partial charge in [0.25, 0.3) is 0 Å². The maximum atomic E-state index is 11.4. The zero-order valence-corrected chi connectivity index (χ0v) is 37.1.